The molecule has 3 rings (SSSR count). The van der Waals surface area contributed by atoms with Crippen LogP contribution in [0.25, 0.3) is 0 Å². The van der Waals surface area contributed by atoms with Crippen molar-refractivity contribution in [3.8, 4) is 0 Å². The van der Waals surface area contributed by atoms with Crippen LogP contribution in [-0.2, 0) is 0 Å². The first kappa shape index (κ1) is 14.1. The number of anilines is 1. The molecule has 4 nitrogen and oxygen atoms in total. The van der Waals surface area contributed by atoms with Gasteiger partial charge in [-0.2, -0.15) is 0 Å². The molecular weight excluding hydrogens is 268 g/mol. The molecule has 0 unspecified atom stereocenters. The maximum Gasteiger partial charge on any atom is 0.189 e. The van der Waals surface area contributed by atoms with Gasteiger partial charge in [0.25, 0.3) is 0 Å². The van der Waals surface area contributed by atoms with Crippen molar-refractivity contribution in [2.75, 3.05) is 37.3 Å². The van der Waals surface area contributed by atoms with Crippen LogP contribution < -0.4 is 4.90 Å². The van der Waals surface area contributed by atoms with Crippen LogP contribution in [0, 0.1) is 6.92 Å². The summed E-state index contributed by atoms with van der Waals surface area (Å²) in [5, 5.41) is 0.890. The van der Waals surface area contributed by atoms with E-state index in [9.17, 15) is 0 Å². The Kier molecular flexibility index (Phi) is 4.46. The van der Waals surface area contributed by atoms with Gasteiger partial charge >= 0.3 is 0 Å². The molecule has 1 aromatic rings. The number of hydrogen-bond donors (Lipinski definition) is 0. The highest BCUT2D eigenvalue weighted by Crippen LogP contribution is 2.25. The Morgan fingerprint density at radius 1 is 1.10 bits per heavy atom. The first-order chi connectivity index (χ1) is 9.76. The highest BCUT2D eigenvalue weighted by Gasteiger charge is 2.27. The highest BCUT2D eigenvalue weighted by molar-refractivity contribution is 7.98. The molecule has 2 fully saturated rings. The zero-order valence-electron chi connectivity index (χ0n) is 12.5. The average molecular weight is 292 g/mol. The number of aromatic nitrogens is 2. The SMILES string of the molecule is CSc1nc(C)cc(N2CCC(N3CCCC3)CC2)n1. The predicted octanol–water partition coefficient (Wildman–Crippen LogP) is 2.57. The molecule has 0 radical (unpaired) electrons. The number of piperidine rings is 1. The summed E-state index contributed by atoms with van der Waals surface area (Å²) in [6.07, 6.45) is 7.37. The summed E-state index contributed by atoms with van der Waals surface area (Å²) in [7, 11) is 0. The van der Waals surface area contributed by atoms with E-state index in [0.717, 1.165) is 35.8 Å². The van der Waals surface area contributed by atoms with Gasteiger partial charge in [0, 0.05) is 30.9 Å². The van der Waals surface area contributed by atoms with Gasteiger partial charge in [0.05, 0.1) is 0 Å². The molecular formula is C15H24N4S. The van der Waals surface area contributed by atoms with E-state index in [2.05, 4.69) is 32.8 Å². The van der Waals surface area contributed by atoms with E-state index >= 15 is 0 Å². The summed E-state index contributed by atoms with van der Waals surface area (Å²) in [4.78, 5) is 14.2. The van der Waals surface area contributed by atoms with Crippen molar-refractivity contribution >= 4 is 17.6 Å². The Hall–Kier alpha value is -0.810. The van der Waals surface area contributed by atoms with Crippen molar-refractivity contribution in [2.45, 2.75) is 43.8 Å². The topological polar surface area (TPSA) is 32.3 Å². The van der Waals surface area contributed by atoms with Crippen molar-refractivity contribution in [1.82, 2.24) is 14.9 Å². The molecule has 2 saturated heterocycles. The van der Waals surface area contributed by atoms with Crippen molar-refractivity contribution in [3.05, 3.63) is 11.8 Å². The summed E-state index contributed by atoms with van der Waals surface area (Å²) >= 11 is 1.62. The Balaban J connectivity index is 1.64. The fraction of sp³-hybridized carbons (Fsp3) is 0.733. The monoisotopic (exact) mass is 292 g/mol. The third-order valence-electron chi connectivity index (χ3n) is 4.45. The summed E-state index contributed by atoms with van der Waals surface area (Å²) in [5.41, 5.74) is 1.07. The Labute approximate surface area is 126 Å². The molecule has 0 aliphatic carbocycles. The van der Waals surface area contributed by atoms with Gasteiger partial charge in [-0.3, -0.25) is 0 Å². The third-order valence-corrected chi connectivity index (χ3v) is 5.00. The fourth-order valence-corrected chi connectivity index (χ4v) is 3.77. The number of rotatable bonds is 3. The second-order valence-electron chi connectivity index (χ2n) is 5.82. The van der Waals surface area contributed by atoms with Gasteiger partial charge < -0.3 is 9.80 Å². The van der Waals surface area contributed by atoms with Crippen molar-refractivity contribution < 1.29 is 0 Å². The molecule has 5 heteroatoms. The lowest BCUT2D eigenvalue weighted by Crippen LogP contribution is -2.44. The molecule has 0 N–H and O–H groups in total. The second kappa shape index (κ2) is 6.31. The van der Waals surface area contributed by atoms with Gasteiger partial charge in [-0.05, 0) is 52.0 Å². The Morgan fingerprint density at radius 3 is 2.45 bits per heavy atom. The van der Waals surface area contributed by atoms with E-state index in [1.807, 2.05) is 6.26 Å². The molecule has 0 atom stereocenters. The van der Waals surface area contributed by atoms with Crippen molar-refractivity contribution in [1.29, 1.82) is 0 Å². The maximum atomic E-state index is 4.66. The summed E-state index contributed by atoms with van der Waals surface area (Å²) < 4.78 is 0. The maximum absolute atomic E-state index is 4.66. The highest BCUT2D eigenvalue weighted by atomic mass is 32.2. The fourth-order valence-electron chi connectivity index (χ4n) is 3.35. The summed E-state index contributed by atoms with van der Waals surface area (Å²) in [5.74, 6) is 1.11. The number of hydrogen-bond acceptors (Lipinski definition) is 5. The van der Waals surface area contributed by atoms with Crippen LogP contribution >= 0.6 is 11.8 Å². The summed E-state index contributed by atoms with van der Waals surface area (Å²) in [6.45, 7) is 6.95. The smallest absolute Gasteiger partial charge is 0.189 e. The molecule has 0 amide bonds. The minimum Gasteiger partial charge on any atom is -0.356 e. The van der Waals surface area contributed by atoms with Crippen LogP contribution in [0.1, 0.15) is 31.4 Å². The number of likely N-dealkylation sites (tertiary alicyclic amines) is 1. The molecule has 2 aliphatic rings. The zero-order chi connectivity index (χ0) is 13.9. The molecule has 0 spiro atoms. The molecule has 2 aliphatic heterocycles. The zero-order valence-corrected chi connectivity index (χ0v) is 13.3. The van der Waals surface area contributed by atoms with Crippen LogP contribution in [0.3, 0.4) is 0 Å². The van der Waals surface area contributed by atoms with E-state index in [-0.39, 0.29) is 0 Å². The van der Waals surface area contributed by atoms with Gasteiger partial charge in [0.1, 0.15) is 5.82 Å². The Bertz CT molecular complexity index is 451. The van der Waals surface area contributed by atoms with Gasteiger partial charge in [0.2, 0.25) is 0 Å². The predicted molar refractivity (Wildman–Crippen MR) is 84.6 cm³/mol. The van der Waals surface area contributed by atoms with Crippen LogP contribution in [-0.4, -0.2) is 53.3 Å². The van der Waals surface area contributed by atoms with E-state index in [4.69, 9.17) is 0 Å². The molecule has 0 aromatic carbocycles. The lowest BCUT2D eigenvalue weighted by atomic mass is 10.0. The minimum absolute atomic E-state index is 0.803. The average Bonchev–Trinajstić information content (AvgIpc) is 3.01. The van der Waals surface area contributed by atoms with Crippen LogP contribution in [0.5, 0.6) is 0 Å². The Morgan fingerprint density at radius 2 is 1.80 bits per heavy atom. The van der Waals surface area contributed by atoms with Crippen LogP contribution in [0.2, 0.25) is 0 Å². The number of thioether (sulfide) groups is 1. The quantitative estimate of drug-likeness (QED) is 0.631. The molecule has 20 heavy (non-hydrogen) atoms. The number of nitrogens with zero attached hydrogens (tertiary/aromatic N) is 4. The van der Waals surface area contributed by atoms with E-state index in [1.54, 1.807) is 11.8 Å². The third kappa shape index (κ3) is 3.09. The van der Waals surface area contributed by atoms with E-state index < -0.39 is 0 Å². The van der Waals surface area contributed by atoms with Gasteiger partial charge in [-0.15, -0.1) is 0 Å². The van der Waals surface area contributed by atoms with Crippen LogP contribution in [0.15, 0.2) is 11.2 Å². The second-order valence-corrected chi connectivity index (χ2v) is 6.59. The van der Waals surface area contributed by atoms with Crippen molar-refractivity contribution in [2.24, 2.45) is 0 Å². The molecule has 1 aromatic heterocycles. The van der Waals surface area contributed by atoms with Crippen LogP contribution in [0.4, 0.5) is 5.82 Å². The lowest BCUT2D eigenvalue weighted by molar-refractivity contribution is 0.207. The van der Waals surface area contributed by atoms with Gasteiger partial charge in [0.15, 0.2) is 5.16 Å². The van der Waals surface area contributed by atoms with E-state index in [1.165, 1.54) is 38.8 Å². The molecule has 0 bridgehead atoms. The molecule has 0 saturated carbocycles. The van der Waals surface area contributed by atoms with E-state index in [0.29, 0.717) is 0 Å². The molecule has 3 heterocycles. The number of aryl methyl sites for hydroxylation is 1. The molecule has 110 valence electrons. The first-order valence-corrected chi connectivity index (χ1v) is 8.87. The summed E-state index contributed by atoms with van der Waals surface area (Å²) in [6, 6.07) is 2.92. The minimum atomic E-state index is 0.803. The normalized spacial score (nSPS) is 21.6. The largest absolute Gasteiger partial charge is 0.356 e. The lowest BCUT2D eigenvalue weighted by Gasteiger charge is -2.37. The van der Waals surface area contributed by atoms with Gasteiger partial charge in [-0.1, -0.05) is 11.8 Å². The standard InChI is InChI=1S/C15H24N4S/c1-12-11-14(17-15(16-12)20-2)19-9-5-13(6-10-19)18-7-3-4-8-18/h11,13H,3-10H2,1-2H3. The van der Waals surface area contributed by atoms with Gasteiger partial charge in [-0.25, -0.2) is 9.97 Å². The first-order valence-electron chi connectivity index (χ1n) is 7.65. The van der Waals surface area contributed by atoms with Crippen molar-refractivity contribution in [3.63, 3.8) is 0 Å².